The molecule has 198 valence electrons. The second kappa shape index (κ2) is 9.74. The minimum absolute atomic E-state index is 0.0516. The predicted molar refractivity (Wildman–Crippen MR) is 136 cm³/mol. The maximum atomic E-state index is 15.3. The van der Waals surface area contributed by atoms with Gasteiger partial charge in [-0.15, -0.1) is 11.3 Å². The third-order valence-electron chi connectivity index (χ3n) is 7.57. The van der Waals surface area contributed by atoms with Gasteiger partial charge in [-0.2, -0.15) is 5.26 Å². The summed E-state index contributed by atoms with van der Waals surface area (Å²) in [7, 11) is 0. The summed E-state index contributed by atoms with van der Waals surface area (Å²) in [6.45, 7) is -0.116. The summed E-state index contributed by atoms with van der Waals surface area (Å²) in [6.07, 6.45) is 0.349. The quantitative estimate of drug-likeness (QED) is 0.467. The van der Waals surface area contributed by atoms with Gasteiger partial charge in [-0.25, -0.2) is 14.2 Å². The van der Waals surface area contributed by atoms with Crippen molar-refractivity contribution in [2.45, 2.75) is 56.8 Å². The van der Waals surface area contributed by atoms with E-state index < -0.39 is 35.7 Å². The molecule has 1 aliphatic carbocycles. The zero-order chi connectivity index (χ0) is 27.3. The molecule has 0 radical (unpaired) electrons. The second-order valence-electron chi connectivity index (χ2n) is 9.86. The van der Waals surface area contributed by atoms with E-state index in [1.165, 1.54) is 22.3 Å². The van der Waals surface area contributed by atoms with Crippen LogP contribution in [-0.2, 0) is 27.4 Å². The lowest BCUT2D eigenvalue weighted by atomic mass is 9.75. The summed E-state index contributed by atoms with van der Waals surface area (Å²) in [6, 6.07) is 8.15. The highest BCUT2D eigenvalue weighted by Gasteiger charge is 2.41. The molecule has 4 amide bonds. The van der Waals surface area contributed by atoms with Crippen LogP contribution in [0, 0.1) is 17.1 Å². The summed E-state index contributed by atoms with van der Waals surface area (Å²) >= 11 is 1.50. The fraction of sp³-hybridized carbons (Fsp3) is 0.333. The fourth-order valence-corrected chi connectivity index (χ4v) is 6.20. The summed E-state index contributed by atoms with van der Waals surface area (Å²) in [4.78, 5) is 54.7. The average Bonchev–Trinajstić information content (AvgIpc) is 3.50. The van der Waals surface area contributed by atoms with Crippen LogP contribution in [0.2, 0.25) is 0 Å². The molecule has 12 heteroatoms. The van der Waals surface area contributed by atoms with Crippen LogP contribution in [0.25, 0.3) is 10.2 Å². The largest absolute Gasteiger partial charge is 0.446 e. The first-order valence-corrected chi connectivity index (χ1v) is 13.4. The maximum absolute atomic E-state index is 15.3. The average molecular weight is 548 g/mol. The maximum Gasteiger partial charge on any atom is 0.407 e. The summed E-state index contributed by atoms with van der Waals surface area (Å²) < 4.78 is 21.8. The van der Waals surface area contributed by atoms with Crippen molar-refractivity contribution in [2.75, 3.05) is 0 Å². The van der Waals surface area contributed by atoms with Crippen LogP contribution in [0.4, 0.5) is 9.18 Å². The van der Waals surface area contributed by atoms with Gasteiger partial charge in [0.05, 0.1) is 32.9 Å². The van der Waals surface area contributed by atoms with Crippen LogP contribution in [0.15, 0.2) is 29.8 Å². The van der Waals surface area contributed by atoms with Crippen LogP contribution >= 0.6 is 11.3 Å². The zero-order valence-electron chi connectivity index (χ0n) is 20.5. The molecule has 0 bridgehead atoms. The van der Waals surface area contributed by atoms with Gasteiger partial charge in [0.15, 0.2) is 0 Å². The number of piperidine rings is 1. The molecule has 2 aliphatic heterocycles. The standard InChI is InChI=1S/C27H22FN5O5S/c28-23-14(1-2-15-11-33(26(36)22(15)23)18-4-6-20(34)32-25(18)35)10-30-27(37)38-17-7-16(8-17)21-13(9-29)3-5-19-24(21)31-12-39-19/h1-3,5,12,16-18H,4,6-8,10-11H2,(H,30,37)(H,32,34,35)/t16?,17?,18-/m0/s1. The van der Waals surface area contributed by atoms with Crippen LogP contribution in [0.5, 0.6) is 0 Å². The number of rotatable bonds is 5. The molecule has 3 aromatic rings. The van der Waals surface area contributed by atoms with Crippen molar-refractivity contribution in [1.29, 1.82) is 5.26 Å². The molecule has 3 aliphatic rings. The highest BCUT2D eigenvalue weighted by Crippen LogP contribution is 2.43. The van der Waals surface area contributed by atoms with E-state index in [1.807, 2.05) is 6.07 Å². The first-order chi connectivity index (χ1) is 18.8. The number of amides is 4. The van der Waals surface area contributed by atoms with Gasteiger partial charge < -0.3 is 15.0 Å². The van der Waals surface area contributed by atoms with E-state index in [4.69, 9.17) is 4.74 Å². The van der Waals surface area contributed by atoms with Gasteiger partial charge in [-0.1, -0.05) is 12.1 Å². The number of aromatic nitrogens is 1. The Kier molecular flexibility index (Phi) is 6.23. The lowest BCUT2D eigenvalue weighted by molar-refractivity contribution is -0.136. The minimum Gasteiger partial charge on any atom is -0.446 e. The first kappa shape index (κ1) is 24.9. The molecule has 0 spiro atoms. The molecule has 1 atom stereocenters. The molecule has 39 heavy (non-hydrogen) atoms. The number of thiazole rings is 1. The number of halogens is 1. The molecule has 0 unspecified atom stereocenters. The third-order valence-corrected chi connectivity index (χ3v) is 8.37. The fourth-order valence-electron chi connectivity index (χ4n) is 5.51. The number of fused-ring (bicyclic) bond motifs is 2. The van der Waals surface area contributed by atoms with Crippen molar-refractivity contribution in [3.63, 3.8) is 0 Å². The molecular formula is C27H22FN5O5S. The van der Waals surface area contributed by atoms with E-state index in [2.05, 4.69) is 21.7 Å². The van der Waals surface area contributed by atoms with Gasteiger partial charge in [-0.05, 0) is 42.9 Å². The number of benzene rings is 2. The minimum atomic E-state index is -0.836. The van der Waals surface area contributed by atoms with Crippen LogP contribution < -0.4 is 10.6 Å². The Bertz CT molecular complexity index is 1590. The molecule has 1 saturated carbocycles. The van der Waals surface area contributed by atoms with Gasteiger partial charge in [-0.3, -0.25) is 19.7 Å². The molecule has 1 aromatic heterocycles. The number of imide groups is 1. The molecule has 10 nitrogen and oxygen atoms in total. The van der Waals surface area contributed by atoms with Crippen LogP contribution in [0.3, 0.4) is 0 Å². The van der Waals surface area contributed by atoms with Crippen molar-refractivity contribution < 1.29 is 28.3 Å². The summed E-state index contributed by atoms with van der Waals surface area (Å²) in [5, 5.41) is 14.3. The van der Waals surface area contributed by atoms with Crippen LogP contribution in [-0.4, -0.2) is 45.8 Å². The number of ether oxygens (including phenoxy) is 1. The Balaban J connectivity index is 1.06. The van der Waals surface area contributed by atoms with Crippen molar-refractivity contribution >= 4 is 45.4 Å². The van der Waals surface area contributed by atoms with Gasteiger partial charge in [0.2, 0.25) is 11.8 Å². The number of carbonyl (C=O) groups is 4. The van der Waals surface area contributed by atoms with Gasteiger partial charge in [0.25, 0.3) is 5.91 Å². The topological polar surface area (TPSA) is 141 Å². The number of alkyl carbamates (subject to hydrolysis) is 1. The Morgan fingerprint density at radius 3 is 2.85 bits per heavy atom. The molecule has 3 heterocycles. The van der Waals surface area contributed by atoms with Crippen molar-refractivity contribution in [3.05, 3.63) is 63.4 Å². The highest BCUT2D eigenvalue weighted by atomic mass is 32.1. The van der Waals surface area contributed by atoms with Crippen molar-refractivity contribution in [3.8, 4) is 6.07 Å². The summed E-state index contributed by atoms with van der Waals surface area (Å²) in [5.74, 6) is -2.28. The van der Waals surface area contributed by atoms with E-state index in [-0.39, 0.29) is 49.1 Å². The molecule has 2 aromatic carbocycles. The van der Waals surface area contributed by atoms with Crippen molar-refractivity contribution in [2.24, 2.45) is 0 Å². The first-order valence-electron chi connectivity index (χ1n) is 12.5. The number of hydrogen-bond acceptors (Lipinski definition) is 8. The van der Waals surface area contributed by atoms with E-state index in [0.717, 1.165) is 15.8 Å². The Morgan fingerprint density at radius 1 is 1.26 bits per heavy atom. The number of nitrogens with zero attached hydrogens (tertiary/aromatic N) is 3. The SMILES string of the molecule is N#Cc1ccc2scnc2c1C1CC(OC(=O)NCc2ccc3c(c2F)C(=O)N([C@H]2CCC(=O)NC2=O)C3)C1. The number of nitriles is 1. The van der Waals surface area contributed by atoms with Gasteiger partial charge >= 0.3 is 6.09 Å². The smallest absolute Gasteiger partial charge is 0.407 e. The number of hydrogen-bond donors (Lipinski definition) is 2. The number of carbonyl (C=O) groups excluding carboxylic acids is 4. The van der Waals surface area contributed by atoms with E-state index in [0.29, 0.717) is 24.0 Å². The van der Waals surface area contributed by atoms with Gasteiger partial charge in [0, 0.05) is 30.6 Å². The molecular weight excluding hydrogens is 525 g/mol. The molecule has 2 fully saturated rings. The van der Waals surface area contributed by atoms with E-state index in [1.54, 1.807) is 17.6 Å². The molecule has 6 rings (SSSR count). The zero-order valence-corrected chi connectivity index (χ0v) is 21.3. The molecule has 1 saturated heterocycles. The van der Waals surface area contributed by atoms with E-state index in [9.17, 15) is 24.4 Å². The van der Waals surface area contributed by atoms with Gasteiger partial charge in [0.1, 0.15) is 18.0 Å². The normalized spacial score (nSPS) is 22.2. The lowest BCUT2D eigenvalue weighted by Gasteiger charge is -2.35. The Hall–Kier alpha value is -4.37. The van der Waals surface area contributed by atoms with Crippen LogP contribution in [0.1, 0.15) is 64.2 Å². The second-order valence-corrected chi connectivity index (χ2v) is 10.7. The predicted octanol–water partition coefficient (Wildman–Crippen LogP) is 3.24. The monoisotopic (exact) mass is 547 g/mol. The van der Waals surface area contributed by atoms with Crippen molar-refractivity contribution in [1.82, 2.24) is 20.5 Å². The highest BCUT2D eigenvalue weighted by molar-refractivity contribution is 7.16. The Labute approximate surface area is 225 Å². The summed E-state index contributed by atoms with van der Waals surface area (Å²) in [5.41, 5.74) is 4.44. The lowest BCUT2D eigenvalue weighted by Crippen LogP contribution is -2.52. The third kappa shape index (κ3) is 4.38. The van der Waals surface area contributed by atoms with E-state index >= 15 is 4.39 Å². The Morgan fingerprint density at radius 2 is 2.08 bits per heavy atom. The molecule has 2 N–H and O–H groups in total. The number of nitrogens with one attached hydrogen (secondary N) is 2.